The minimum absolute atomic E-state index is 0.0302. The van der Waals surface area contributed by atoms with Crippen LogP contribution >= 0.6 is 58.5 Å². The first-order valence-corrected chi connectivity index (χ1v) is 11.2. The molecule has 0 aliphatic rings. The van der Waals surface area contributed by atoms with Gasteiger partial charge < -0.3 is 5.32 Å². The Morgan fingerprint density at radius 1 is 1.14 bits per heavy atom. The van der Waals surface area contributed by atoms with E-state index in [1.807, 2.05) is 30.3 Å². The molecule has 3 amide bonds. The Hall–Kier alpha value is -1.91. The number of urea groups is 1. The molecule has 0 saturated heterocycles. The van der Waals surface area contributed by atoms with E-state index in [9.17, 15) is 9.59 Å². The van der Waals surface area contributed by atoms with Crippen molar-refractivity contribution in [2.45, 2.75) is 10.9 Å². The standard InChI is InChI=1S/C18H14Cl2N4O2S3/c19-13-7-6-12(8-14(13)20)24-18(27)29-17(23-24)28-10-15(25)22-16(26)21-9-11-4-2-1-3-5-11/h1-8H,9-10H2,(H2,21,22,25,26). The maximum atomic E-state index is 12.0. The molecule has 0 aliphatic heterocycles. The molecule has 0 saturated carbocycles. The molecule has 0 atom stereocenters. The van der Waals surface area contributed by atoms with Crippen LogP contribution in [0.3, 0.4) is 0 Å². The lowest BCUT2D eigenvalue weighted by Gasteiger charge is -2.06. The van der Waals surface area contributed by atoms with E-state index in [0.717, 1.165) is 5.56 Å². The lowest BCUT2D eigenvalue weighted by Crippen LogP contribution is -2.39. The number of benzene rings is 2. The van der Waals surface area contributed by atoms with Crippen molar-refractivity contribution >= 4 is 70.5 Å². The average molecular weight is 485 g/mol. The molecule has 0 radical (unpaired) electrons. The van der Waals surface area contributed by atoms with Gasteiger partial charge >= 0.3 is 6.03 Å². The highest BCUT2D eigenvalue weighted by molar-refractivity contribution is 8.01. The van der Waals surface area contributed by atoms with Gasteiger partial charge in [-0.1, -0.05) is 76.6 Å². The molecule has 0 spiro atoms. The highest BCUT2D eigenvalue weighted by Crippen LogP contribution is 2.27. The molecule has 11 heteroatoms. The molecule has 0 bridgehead atoms. The van der Waals surface area contributed by atoms with Crippen LogP contribution < -0.4 is 10.6 Å². The number of nitrogens with zero attached hydrogens (tertiary/aromatic N) is 2. The third-order valence-electron chi connectivity index (χ3n) is 3.55. The van der Waals surface area contributed by atoms with Gasteiger partial charge in [0, 0.05) is 6.54 Å². The summed E-state index contributed by atoms with van der Waals surface area (Å²) >= 11 is 19.7. The molecular formula is C18H14Cl2N4O2S3. The fourth-order valence-corrected chi connectivity index (χ4v) is 4.67. The largest absolute Gasteiger partial charge is 0.334 e. The number of imide groups is 1. The Labute approximate surface area is 190 Å². The number of rotatable bonds is 6. The maximum absolute atomic E-state index is 12.0. The third-order valence-corrected chi connectivity index (χ3v) is 6.66. The second-order valence-electron chi connectivity index (χ2n) is 5.65. The van der Waals surface area contributed by atoms with Crippen molar-refractivity contribution in [1.82, 2.24) is 20.4 Å². The fourth-order valence-electron chi connectivity index (χ4n) is 2.21. The van der Waals surface area contributed by atoms with Crippen LogP contribution in [0.15, 0.2) is 52.9 Å². The second kappa shape index (κ2) is 10.2. The first-order valence-electron chi connectivity index (χ1n) is 8.22. The van der Waals surface area contributed by atoms with Crippen LogP contribution in [-0.2, 0) is 11.3 Å². The lowest BCUT2D eigenvalue weighted by molar-refractivity contribution is -0.117. The number of carbonyl (C=O) groups excluding carboxylic acids is 2. The minimum atomic E-state index is -0.548. The first-order chi connectivity index (χ1) is 13.9. The van der Waals surface area contributed by atoms with E-state index in [1.165, 1.54) is 23.1 Å². The quantitative estimate of drug-likeness (QED) is 0.376. The lowest BCUT2D eigenvalue weighted by atomic mass is 10.2. The van der Waals surface area contributed by atoms with Crippen LogP contribution in [0.2, 0.25) is 10.0 Å². The van der Waals surface area contributed by atoms with Crippen molar-refractivity contribution in [3.05, 3.63) is 68.1 Å². The van der Waals surface area contributed by atoms with Gasteiger partial charge in [0.05, 0.1) is 21.5 Å². The van der Waals surface area contributed by atoms with Crippen LogP contribution in [0, 0.1) is 3.95 Å². The zero-order valence-corrected chi connectivity index (χ0v) is 18.7. The number of amides is 3. The summed E-state index contributed by atoms with van der Waals surface area (Å²) in [6, 6.07) is 13.9. The smallest absolute Gasteiger partial charge is 0.321 e. The highest BCUT2D eigenvalue weighted by atomic mass is 35.5. The van der Waals surface area contributed by atoms with Crippen LogP contribution in [0.1, 0.15) is 5.56 Å². The minimum Gasteiger partial charge on any atom is -0.334 e. The van der Waals surface area contributed by atoms with Crippen molar-refractivity contribution in [1.29, 1.82) is 0 Å². The van der Waals surface area contributed by atoms with Crippen molar-refractivity contribution in [3.63, 3.8) is 0 Å². The average Bonchev–Trinajstić information content (AvgIpc) is 3.08. The molecule has 1 aromatic heterocycles. The zero-order valence-electron chi connectivity index (χ0n) is 14.7. The van der Waals surface area contributed by atoms with Gasteiger partial charge in [-0.2, -0.15) is 0 Å². The van der Waals surface area contributed by atoms with Gasteiger partial charge in [0.1, 0.15) is 0 Å². The fraction of sp³-hybridized carbons (Fsp3) is 0.111. The summed E-state index contributed by atoms with van der Waals surface area (Å²) in [6.45, 7) is 0.336. The summed E-state index contributed by atoms with van der Waals surface area (Å²) in [5.74, 6) is -0.398. The number of nitrogens with one attached hydrogen (secondary N) is 2. The van der Waals surface area contributed by atoms with E-state index in [2.05, 4.69) is 15.7 Å². The zero-order chi connectivity index (χ0) is 20.8. The van der Waals surface area contributed by atoms with Crippen molar-refractivity contribution < 1.29 is 9.59 Å². The van der Waals surface area contributed by atoms with Crippen LogP contribution in [0.5, 0.6) is 0 Å². The van der Waals surface area contributed by atoms with E-state index in [4.69, 9.17) is 35.4 Å². The number of halogens is 2. The van der Waals surface area contributed by atoms with Gasteiger partial charge in [-0.15, -0.1) is 5.10 Å². The van der Waals surface area contributed by atoms with Gasteiger partial charge in [0.2, 0.25) is 5.91 Å². The second-order valence-corrected chi connectivity index (χ2v) is 9.31. The van der Waals surface area contributed by atoms with E-state index in [-0.39, 0.29) is 5.75 Å². The van der Waals surface area contributed by atoms with E-state index in [1.54, 1.807) is 22.9 Å². The first kappa shape index (κ1) is 21.8. The Morgan fingerprint density at radius 2 is 1.90 bits per heavy atom. The molecular weight excluding hydrogens is 471 g/mol. The van der Waals surface area contributed by atoms with Gasteiger partial charge in [0.25, 0.3) is 0 Å². The van der Waals surface area contributed by atoms with Gasteiger partial charge in [0.15, 0.2) is 8.29 Å². The summed E-state index contributed by atoms with van der Waals surface area (Å²) in [4.78, 5) is 23.8. The Morgan fingerprint density at radius 3 is 2.62 bits per heavy atom. The van der Waals surface area contributed by atoms with E-state index in [0.29, 0.717) is 30.6 Å². The molecule has 1 heterocycles. The molecule has 29 heavy (non-hydrogen) atoms. The predicted molar refractivity (Wildman–Crippen MR) is 120 cm³/mol. The van der Waals surface area contributed by atoms with Gasteiger partial charge in [-0.25, -0.2) is 9.48 Å². The molecule has 6 nitrogen and oxygen atoms in total. The number of hydrogen-bond acceptors (Lipinski definition) is 6. The molecule has 0 fully saturated rings. The van der Waals surface area contributed by atoms with Crippen LogP contribution in [0.4, 0.5) is 4.79 Å². The van der Waals surface area contributed by atoms with Crippen molar-refractivity contribution in [2.75, 3.05) is 5.75 Å². The Kier molecular flexibility index (Phi) is 7.68. The normalized spacial score (nSPS) is 10.6. The van der Waals surface area contributed by atoms with Crippen LogP contribution in [0.25, 0.3) is 5.69 Å². The monoisotopic (exact) mass is 484 g/mol. The number of thioether (sulfide) groups is 1. The van der Waals surface area contributed by atoms with Gasteiger partial charge in [-0.3, -0.25) is 10.1 Å². The van der Waals surface area contributed by atoms with E-state index < -0.39 is 11.9 Å². The maximum Gasteiger partial charge on any atom is 0.321 e. The SMILES string of the molecule is O=C(CSc1nn(-c2ccc(Cl)c(Cl)c2)c(=S)s1)NC(=O)NCc1ccccc1. The number of hydrogen-bond donors (Lipinski definition) is 2. The summed E-state index contributed by atoms with van der Waals surface area (Å²) < 4.78 is 2.66. The van der Waals surface area contributed by atoms with Gasteiger partial charge in [-0.05, 0) is 36.0 Å². The number of carbonyl (C=O) groups is 2. The summed E-state index contributed by atoms with van der Waals surface area (Å²) in [7, 11) is 0. The predicted octanol–water partition coefficient (Wildman–Crippen LogP) is 5.09. The van der Waals surface area contributed by atoms with Crippen molar-refractivity contribution in [2.24, 2.45) is 0 Å². The molecule has 3 rings (SSSR count). The molecule has 0 unspecified atom stereocenters. The summed E-state index contributed by atoms with van der Waals surface area (Å²) in [5.41, 5.74) is 1.62. The van der Waals surface area contributed by atoms with E-state index >= 15 is 0 Å². The topological polar surface area (TPSA) is 76.0 Å². The Balaban J connectivity index is 1.52. The molecule has 2 N–H and O–H groups in total. The third kappa shape index (κ3) is 6.28. The molecule has 0 aliphatic carbocycles. The van der Waals surface area contributed by atoms with Crippen LogP contribution in [-0.4, -0.2) is 27.5 Å². The molecule has 150 valence electrons. The van der Waals surface area contributed by atoms with Crippen molar-refractivity contribution in [3.8, 4) is 5.69 Å². The molecule has 3 aromatic rings. The number of aromatic nitrogens is 2. The highest BCUT2D eigenvalue weighted by Gasteiger charge is 2.12. The summed E-state index contributed by atoms with van der Waals surface area (Å²) in [6.07, 6.45) is 0. The molecule has 2 aromatic carbocycles. The summed E-state index contributed by atoms with van der Waals surface area (Å²) in [5, 5.41) is 10.2. The Bertz CT molecular complexity index is 1090.